The van der Waals surface area contributed by atoms with Crippen molar-refractivity contribution in [2.75, 3.05) is 19.6 Å². The summed E-state index contributed by atoms with van der Waals surface area (Å²) >= 11 is 3.57. The molecule has 1 atom stereocenters. The summed E-state index contributed by atoms with van der Waals surface area (Å²) in [5, 5.41) is 0. The SMILES string of the molecule is CC1=C(N(CC(=O)N2CC(C)(C)C2)C(=O)CCC2(C)OB(c3cnco3)OC2(C)C)CCC=CC(Br)=C1. The van der Waals surface area contributed by atoms with Gasteiger partial charge < -0.3 is 23.5 Å². The number of rotatable bonds is 7. The summed E-state index contributed by atoms with van der Waals surface area (Å²) in [4.78, 5) is 34.5. The van der Waals surface area contributed by atoms with Gasteiger partial charge in [-0.1, -0.05) is 41.9 Å². The number of nitrogens with zero attached hydrogens (tertiary/aromatic N) is 3. The van der Waals surface area contributed by atoms with Crippen LogP contribution in [0.1, 0.15) is 67.2 Å². The monoisotopic (exact) mass is 573 g/mol. The van der Waals surface area contributed by atoms with Crippen LogP contribution in [0.5, 0.6) is 0 Å². The van der Waals surface area contributed by atoms with Gasteiger partial charge in [-0.2, -0.15) is 0 Å². The average Bonchev–Trinajstić information content (AvgIpc) is 3.40. The van der Waals surface area contributed by atoms with Gasteiger partial charge in [-0.25, -0.2) is 4.98 Å². The predicted octanol–water partition coefficient (Wildman–Crippen LogP) is 4.33. The van der Waals surface area contributed by atoms with Crippen molar-refractivity contribution in [2.24, 2.45) is 5.41 Å². The van der Waals surface area contributed by atoms with Crippen molar-refractivity contribution in [2.45, 2.75) is 78.4 Å². The molecular weight excluding hydrogens is 537 g/mol. The molecule has 0 bridgehead atoms. The first-order valence-corrected chi connectivity index (χ1v) is 13.7. The van der Waals surface area contributed by atoms with Gasteiger partial charge in [0.2, 0.25) is 11.8 Å². The molecule has 0 N–H and O–H groups in total. The lowest BCUT2D eigenvalue weighted by atomic mass is 9.83. The van der Waals surface area contributed by atoms with Crippen LogP contribution in [0.15, 0.2) is 51.0 Å². The lowest BCUT2D eigenvalue weighted by molar-refractivity contribution is -0.146. The summed E-state index contributed by atoms with van der Waals surface area (Å²) in [6.45, 7) is 13.6. The molecule has 2 amide bonds. The molecule has 3 heterocycles. The maximum Gasteiger partial charge on any atom is 0.534 e. The van der Waals surface area contributed by atoms with Crippen molar-refractivity contribution in [1.82, 2.24) is 14.8 Å². The van der Waals surface area contributed by atoms with Gasteiger partial charge in [0.25, 0.3) is 0 Å². The van der Waals surface area contributed by atoms with Crippen LogP contribution < -0.4 is 5.66 Å². The molecule has 4 rings (SSSR count). The third-order valence-corrected chi connectivity index (χ3v) is 8.18. The average molecular weight is 574 g/mol. The Morgan fingerprint density at radius 3 is 2.57 bits per heavy atom. The van der Waals surface area contributed by atoms with E-state index in [9.17, 15) is 9.59 Å². The number of halogens is 1. The van der Waals surface area contributed by atoms with Gasteiger partial charge in [0.05, 0.1) is 17.4 Å². The summed E-state index contributed by atoms with van der Waals surface area (Å²) < 4.78 is 18.8. The van der Waals surface area contributed by atoms with Crippen LogP contribution in [0, 0.1) is 5.41 Å². The topological polar surface area (TPSA) is 85.1 Å². The second kappa shape index (κ2) is 10.5. The molecule has 2 saturated heterocycles. The van der Waals surface area contributed by atoms with Gasteiger partial charge in [0.15, 0.2) is 12.1 Å². The van der Waals surface area contributed by atoms with Gasteiger partial charge in [0.1, 0.15) is 6.54 Å². The lowest BCUT2D eigenvalue weighted by Gasteiger charge is -2.46. The molecule has 8 nitrogen and oxygen atoms in total. The maximum absolute atomic E-state index is 13.8. The van der Waals surface area contributed by atoms with E-state index in [1.165, 1.54) is 6.39 Å². The Morgan fingerprint density at radius 1 is 1.19 bits per heavy atom. The number of hydrogen-bond acceptors (Lipinski definition) is 6. The van der Waals surface area contributed by atoms with E-state index in [-0.39, 0.29) is 30.2 Å². The van der Waals surface area contributed by atoms with Crippen molar-refractivity contribution in [3.05, 3.63) is 46.6 Å². The van der Waals surface area contributed by atoms with Crippen LogP contribution in [-0.4, -0.2) is 64.6 Å². The lowest BCUT2D eigenvalue weighted by Crippen LogP contribution is -2.57. The third kappa shape index (κ3) is 6.12. The van der Waals surface area contributed by atoms with E-state index in [0.717, 1.165) is 22.2 Å². The second-order valence-electron chi connectivity index (χ2n) is 11.7. The van der Waals surface area contributed by atoms with Crippen LogP contribution in [-0.2, 0) is 18.9 Å². The number of aromatic nitrogens is 1. The van der Waals surface area contributed by atoms with Crippen molar-refractivity contribution in [1.29, 1.82) is 0 Å². The number of likely N-dealkylation sites (tertiary alicyclic amines) is 1. The van der Waals surface area contributed by atoms with E-state index in [1.807, 2.05) is 44.7 Å². The largest absolute Gasteiger partial charge is 0.534 e. The molecule has 1 aliphatic carbocycles. The number of hydrogen-bond donors (Lipinski definition) is 0. The molecule has 10 heteroatoms. The van der Waals surface area contributed by atoms with E-state index >= 15 is 0 Å². The van der Waals surface area contributed by atoms with Crippen molar-refractivity contribution in [3.63, 3.8) is 0 Å². The number of carbonyl (C=O) groups excluding carboxylic acids is 2. The van der Waals surface area contributed by atoms with Crippen molar-refractivity contribution in [3.8, 4) is 0 Å². The van der Waals surface area contributed by atoms with E-state index in [0.29, 0.717) is 31.6 Å². The Labute approximate surface area is 228 Å². The Hall–Kier alpha value is -2.17. The molecular formula is C27H37BBrN3O5. The molecule has 1 unspecified atom stereocenters. The highest BCUT2D eigenvalue weighted by Gasteiger charge is 2.55. The number of oxazole rings is 1. The molecule has 2 fully saturated rings. The van der Waals surface area contributed by atoms with Gasteiger partial charge in [0, 0.05) is 29.7 Å². The fourth-order valence-electron chi connectivity index (χ4n) is 5.13. The zero-order chi connectivity index (χ0) is 27.0. The van der Waals surface area contributed by atoms with Gasteiger partial charge in [-0.05, 0) is 64.0 Å². The summed E-state index contributed by atoms with van der Waals surface area (Å²) in [6, 6.07) is 0. The quantitative estimate of drug-likeness (QED) is 0.451. The molecule has 200 valence electrons. The molecule has 0 radical (unpaired) electrons. The van der Waals surface area contributed by atoms with Crippen LogP contribution in [0.3, 0.4) is 0 Å². The fraction of sp³-hybridized carbons (Fsp3) is 0.593. The summed E-state index contributed by atoms with van der Waals surface area (Å²) in [5.41, 5.74) is 1.06. The zero-order valence-electron chi connectivity index (χ0n) is 22.7. The smallest absolute Gasteiger partial charge is 0.452 e. The molecule has 1 aromatic rings. The zero-order valence-corrected chi connectivity index (χ0v) is 24.3. The first-order chi connectivity index (χ1) is 17.3. The highest BCUT2D eigenvalue weighted by Crippen LogP contribution is 2.41. The Bertz CT molecular complexity index is 1120. The molecule has 0 saturated carbocycles. The van der Waals surface area contributed by atoms with E-state index in [2.05, 4.69) is 40.8 Å². The predicted molar refractivity (Wildman–Crippen MR) is 146 cm³/mol. The van der Waals surface area contributed by atoms with Gasteiger partial charge in [-0.15, -0.1) is 0 Å². The minimum atomic E-state index is -0.743. The maximum atomic E-state index is 13.8. The highest BCUT2D eigenvalue weighted by molar-refractivity contribution is 9.11. The molecule has 1 aromatic heterocycles. The van der Waals surface area contributed by atoms with Crippen LogP contribution in [0.2, 0.25) is 0 Å². The molecule has 3 aliphatic rings. The summed E-state index contributed by atoms with van der Waals surface area (Å²) in [7, 11) is -0.685. The number of amides is 2. The summed E-state index contributed by atoms with van der Waals surface area (Å²) in [6.07, 6.45) is 11.1. The Kier molecular flexibility index (Phi) is 7.93. The Morgan fingerprint density at radius 2 is 1.92 bits per heavy atom. The normalized spacial score (nSPS) is 24.9. The van der Waals surface area contributed by atoms with E-state index in [1.54, 1.807) is 11.1 Å². The van der Waals surface area contributed by atoms with E-state index in [4.69, 9.17) is 13.7 Å². The standard InChI is InChI=1S/C27H37BBrN3O5/c1-19-13-20(29)9-7-8-10-21(19)32(15-24(34)31-16-25(2,3)17-31)23(33)11-12-27(6)26(4,5)36-28(37-27)22-14-30-18-35-22/h7,9,13-14,18H,8,10-12,15-17H2,1-6H3. The van der Waals surface area contributed by atoms with Crippen molar-refractivity contribution >= 4 is 40.5 Å². The fourth-order valence-corrected chi connectivity index (χ4v) is 5.66. The number of allylic oxidation sites excluding steroid dienone is 6. The number of carbonyl (C=O) groups is 2. The Balaban J connectivity index is 1.53. The molecule has 0 spiro atoms. The third-order valence-electron chi connectivity index (χ3n) is 7.69. The van der Waals surface area contributed by atoms with Crippen LogP contribution in [0.4, 0.5) is 0 Å². The molecule has 37 heavy (non-hydrogen) atoms. The van der Waals surface area contributed by atoms with Crippen LogP contribution in [0.25, 0.3) is 0 Å². The van der Waals surface area contributed by atoms with Gasteiger partial charge >= 0.3 is 7.12 Å². The summed E-state index contributed by atoms with van der Waals surface area (Å²) in [5.74, 6) is -0.119. The minimum Gasteiger partial charge on any atom is -0.452 e. The van der Waals surface area contributed by atoms with E-state index < -0.39 is 18.3 Å². The second-order valence-corrected chi connectivity index (χ2v) is 12.6. The highest BCUT2D eigenvalue weighted by atomic mass is 79.9. The van der Waals surface area contributed by atoms with Crippen molar-refractivity contribution < 1.29 is 23.3 Å². The first kappa shape index (κ1) is 27.9. The van der Waals surface area contributed by atoms with Gasteiger partial charge in [-0.3, -0.25) is 9.59 Å². The van der Waals surface area contributed by atoms with Crippen LogP contribution >= 0.6 is 15.9 Å². The first-order valence-electron chi connectivity index (χ1n) is 12.9. The molecule has 0 aromatic carbocycles. The minimum absolute atomic E-state index is 0.0222. The molecule has 2 aliphatic heterocycles.